The first-order chi connectivity index (χ1) is 19.5. The molecule has 14 heteroatoms. The fourth-order valence-corrected chi connectivity index (χ4v) is 5.90. The van der Waals surface area contributed by atoms with Gasteiger partial charge in [0.25, 0.3) is 0 Å². The van der Waals surface area contributed by atoms with Gasteiger partial charge < -0.3 is 18.9 Å². The predicted molar refractivity (Wildman–Crippen MR) is 143 cm³/mol. The van der Waals surface area contributed by atoms with Crippen LogP contribution in [0.1, 0.15) is 31.0 Å². The lowest BCUT2D eigenvalue weighted by molar-refractivity contribution is -0.208. The monoisotopic (exact) mass is 606 g/mol. The highest BCUT2D eigenvalue weighted by Gasteiger charge is 2.50. The van der Waals surface area contributed by atoms with Crippen LogP contribution in [0.25, 0.3) is 11.3 Å². The average molecular weight is 607 g/mol. The minimum absolute atomic E-state index is 0.133. The summed E-state index contributed by atoms with van der Waals surface area (Å²) in [5, 5.41) is 18.3. The Morgan fingerprint density at radius 1 is 1.17 bits per heavy atom. The van der Waals surface area contributed by atoms with E-state index in [0.29, 0.717) is 15.5 Å². The predicted octanol–water partition coefficient (Wildman–Crippen LogP) is 4.62. The highest BCUT2D eigenvalue weighted by molar-refractivity contribution is 7.99. The number of thioether (sulfide) groups is 1. The van der Waals surface area contributed by atoms with Crippen molar-refractivity contribution in [3.05, 3.63) is 64.3 Å². The number of carbonyl (C=O) groups excluding carboxylic acids is 2. The Morgan fingerprint density at radius 3 is 2.49 bits per heavy atom. The molecule has 10 nitrogen and oxygen atoms in total. The molecule has 0 spiro atoms. The van der Waals surface area contributed by atoms with E-state index in [2.05, 4.69) is 16.4 Å². The van der Waals surface area contributed by atoms with Gasteiger partial charge in [-0.3, -0.25) is 9.59 Å². The summed E-state index contributed by atoms with van der Waals surface area (Å²) < 4.78 is 52.9. The highest BCUT2D eigenvalue weighted by atomic mass is 35.5. The molecule has 0 aliphatic carbocycles. The van der Waals surface area contributed by atoms with Crippen molar-refractivity contribution in [2.24, 2.45) is 0 Å². The van der Waals surface area contributed by atoms with Crippen LogP contribution in [0.5, 0.6) is 0 Å². The van der Waals surface area contributed by atoms with Gasteiger partial charge in [0.1, 0.15) is 53.7 Å². The molecule has 3 unspecified atom stereocenters. The molecular weight excluding hydrogens is 582 g/mol. The Hall–Kier alpha value is -3.57. The van der Waals surface area contributed by atoms with Gasteiger partial charge in [0.05, 0.1) is 11.8 Å². The number of methoxy groups -OCH3 is 1. The molecule has 0 saturated carbocycles. The van der Waals surface area contributed by atoms with E-state index in [9.17, 15) is 23.6 Å². The van der Waals surface area contributed by atoms with Crippen molar-refractivity contribution >= 4 is 35.3 Å². The van der Waals surface area contributed by atoms with Gasteiger partial charge in [-0.1, -0.05) is 28.6 Å². The van der Waals surface area contributed by atoms with Crippen molar-refractivity contribution < 1.29 is 37.3 Å². The molecule has 1 aromatic heterocycles. The molecule has 1 aliphatic heterocycles. The third-order valence-electron chi connectivity index (χ3n) is 6.34. The van der Waals surface area contributed by atoms with Gasteiger partial charge in [0.15, 0.2) is 6.10 Å². The van der Waals surface area contributed by atoms with Crippen LogP contribution in [0.3, 0.4) is 0 Å². The smallest absolute Gasteiger partial charge is 0.303 e. The van der Waals surface area contributed by atoms with E-state index in [1.165, 1.54) is 38.8 Å². The fraction of sp³-hybridized carbons (Fsp3) is 0.370. The summed E-state index contributed by atoms with van der Waals surface area (Å²) in [6.45, 7) is 3.46. The van der Waals surface area contributed by atoms with Crippen molar-refractivity contribution in [3.63, 3.8) is 0 Å². The largest absolute Gasteiger partial charge is 0.463 e. The zero-order valence-electron chi connectivity index (χ0n) is 22.3. The van der Waals surface area contributed by atoms with Crippen LogP contribution in [-0.2, 0) is 28.5 Å². The van der Waals surface area contributed by atoms with Gasteiger partial charge in [0.2, 0.25) is 0 Å². The quantitative estimate of drug-likeness (QED) is 0.335. The number of hydrogen-bond donors (Lipinski definition) is 0. The van der Waals surface area contributed by atoms with Gasteiger partial charge in [-0.05, 0) is 37.3 Å². The van der Waals surface area contributed by atoms with Crippen LogP contribution < -0.4 is 0 Å². The normalized spacial score (nSPS) is 22.1. The molecule has 1 aliphatic rings. The summed E-state index contributed by atoms with van der Waals surface area (Å²) in [7, 11) is 1.41. The van der Waals surface area contributed by atoms with Crippen molar-refractivity contribution in [1.29, 1.82) is 5.26 Å². The number of benzene rings is 2. The maximum Gasteiger partial charge on any atom is 0.303 e. The number of nitrogens with zero attached hydrogens (tertiary/aromatic N) is 4. The average Bonchev–Trinajstić information content (AvgIpc) is 3.40. The summed E-state index contributed by atoms with van der Waals surface area (Å²) in [5.41, 5.74) is -0.370. The summed E-state index contributed by atoms with van der Waals surface area (Å²) in [6.07, 6.45) is -1.54. The van der Waals surface area contributed by atoms with Gasteiger partial charge in [-0.2, -0.15) is 5.26 Å². The Morgan fingerprint density at radius 2 is 1.88 bits per heavy atom. The second-order valence-electron chi connectivity index (χ2n) is 9.13. The van der Waals surface area contributed by atoms with E-state index in [4.69, 9.17) is 30.5 Å². The minimum Gasteiger partial charge on any atom is -0.463 e. The lowest BCUT2D eigenvalue weighted by Gasteiger charge is -2.44. The molecule has 41 heavy (non-hydrogen) atoms. The summed E-state index contributed by atoms with van der Waals surface area (Å²) >= 11 is 7.32. The number of rotatable bonds is 8. The maximum absolute atomic E-state index is 14.3. The highest BCUT2D eigenvalue weighted by Crippen LogP contribution is 2.42. The first-order valence-corrected chi connectivity index (χ1v) is 13.5. The zero-order chi connectivity index (χ0) is 29.8. The minimum atomic E-state index is -1.09. The van der Waals surface area contributed by atoms with E-state index in [1.54, 1.807) is 18.2 Å². The summed E-state index contributed by atoms with van der Waals surface area (Å²) in [5.74, 6) is -2.73. The Kier molecular flexibility index (Phi) is 9.60. The Balaban J connectivity index is 1.80. The number of halogens is 3. The van der Waals surface area contributed by atoms with E-state index in [0.717, 1.165) is 23.9 Å². The van der Waals surface area contributed by atoms with E-state index in [1.807, 2.05) is 0 Å². The topological polar surface area (TPSA) is 126 Å². The molecule has 1 fully saturated rings. The molecule has 0 radical (unpaired) electrons. The lowest BCUT2D eigenvalue weighted by Crippen LogP contribution is -2.57. The molecule has 2 heterocycles. The van der Waals surface area contributed by atoms with E-state index in [-0.39, 0.29) is 23.4 Å². The number of esters is 2. The molecular formula is C27H25ClF2N4O6S. The molecule has 0 bridgehead atoms. The van der Waals surface area contributed by atoms with Crippen LogP contribution in [0, 0.1) is 29.9 Å². The molecule has 0 amide bonds. The van der Waals surface area contributed by atoms with E-state index < -0.39 is 53.4 Å². The van der Waals surface area contributed by atoms with E-state index >= 15 is 0 Å². The Bertz CT molecular complexity index is 1480. The SMILES string of the molecule is COC1C(n2cc(-c3cc(F)c(C)c(F)c3)nn2)[C@@H](OC(C)=O)C(COC(C)=O)O[C@@H]1Sc1cc(Cl)ccc1C#N. The third-order valence-corrected chi connectivity index (χ3v) is 7.78. The molecule has 5 atom stereocenters. The number of ether oxygens (including phenoxy) is 4. The second-order valence-corrected chi connectivity index (χ2v) is 10.7. The van der Waals surface area contributed by atoms with Gasteiger partial charge in [-0.15, -0.1) is 5.10 Å². The van der Waals surface area contributed by atoms with Crippen LogP contribution in [0.4, 0.5) is 8.78 Å². The molecule has 1 saturated heterocycles. The fourth-order valence-electron chi connectivity index (χ4n) is 4.37. The van der Waals surface area contributed by atoms with Crippen molar-refractivity contribution in [2.75, 3.05) is 13.7 Å². The first-order valence-electron chi connectivity index (χ1n) is 12.2. The Labute approximate surface area is 243 Å². The molecule has 0 N–H and O–H groups in total. The van der Waals surface area contributed by atoms with Crippen LogP contribution in [0.15, 0.2) is 41.4 Å². The van der Waals surface area contributed by atoms with Crippen molar-refractivity contribution in [3.8, 4) is 17.3 Å². The standard InChI is InChI=1S/C27H25ClF2N4O6S/c1-13-19(29)7-17(8-20(13)30)21-11-34(33-32-21)24-25(39-15(3)36)22(12-38-14(2)35)40-27(26(24)37-4)41-23-9-18(28)6-5-16(23)10-31/h5-9,11,22,24-27H,12H2,1-4H3/t22?,24?,25-,26?,27+/m0/s1. The van der Waals surface area contributed by atoms with Crippen LogP contribution in [0.2, 0.25) is 5.02 Å². The number of aromatic nitrogens is 3. The molecule has 4 rings (SSSR count). The molecule has 216 valence electrons. The lowest BCUT2D eigenvalue weighted by atomic mass is 9.96. The number of nitriles is 1. The van der Waals surface area contributed by atoms with Crippen molar-refractivity contribution in [1.82, 2.24) is 15.0 Å². The third kappa shape index (κ3) is 6.84. The maximum atomic E-state index is 14.3. The van der Waals surface area contributed by atoms with Crippen LogP contribution >= 0.6 is 23.4 Å². The zero-order valence-corrected chi connectivity index (χ0v) is 23.9. The molecule has 3 aromatic rings. The number of hydrogen-bond acceptors (Lipinski definition) is 10. The summed E-state index contributed by atoms with van der Waals surface area (Å²) in [6, 6.07) is 8.21. The van der Waals surface area contributed by atoms with Gasteiger partial charge in [0, 0.05) is 42.0 Å². The second kappa shape index (κ2) is 12.9. The van der Waals surface area contributed by atoms with Crippen molar-refractivity contribution in [2.45, 2.75) is 55.5 Å². The first kappa shape index (κ1) is 30.4. The number of carbonyl (C=O) groups is 2. The molecule has 2 aromatic carbocycles. The van der Waals surface area contributed by atoms with Gasteiger partial charge >= 0.3 is 11.9 Å². The van der Waals surface area contributed by atoms with Gasteiger partial charge in [-0.25, -0.2) is 13.5 Å². The van der Waals surface area contributed by atoms with Crippen LogP contribution in [-0.4, -0.2) is 64.4 Å². The summed E-state index contributed by atoms with van der Waals surface area (Å²) in [4.78, 5) is 24.3.